The first-order valence-electron chi connectivity index (χ1n) is 8.12. The second kappa shape index (κ2) is 6.73. The Balaban J connectivity index is 1.61. The van der Waals surface area contributed by atoms with E-state index in [0.29, 0.717) is 12.4 Å². The van der Waals surface area contributed by atoms with Crippen molar-refractivity contribution in [3.63, 3.8) is 0 Å². The lowest BCUT2D eigenvalue weighted by Gasteiger charge is -2.16. The molecule has 0 saturated carbocycles. The van der Waals surface area contributed by atoms with Crippen molar-refractivity contribution in [2.24, 2.45) is 5.73 Å². The molecule has 1 aliphatic rings. The lowest BCUT2D eigenvalue weighted by Crippen LogP contribution is -2.33. The van der Waals surface area contributed by atoms with Gasteiger partial charge in [0.05, 0.1) is 16.8 Å². The number of carbonyl (C=O) groups is 1. The van der Waals surface area contributed by atoms with Gasteiger partial charge in [0.1, 0.15) is 5.82 Å². The number of nitrogens with two attached hydrogens (primary N) is 1. The molecule has 3 aromatic rings. The Morgan fingerprint density at radius 1 is 1.32 bits per heavy atom. The minimum absolute atomic E-state index is 0.241. The van der Waals surface area contributed by atoms with E-state index in [4.69, 9.17) is 10.7 Å². The maximum absolute atomic E-state index is 11.1. The standard InChI is InChI=1S/C17H18N6OS/c18-14(24)10-23-7-3-12(9-23)20-17-15-13(4-8-25-15)21-16(22-17)11-1-5-19-6-2-11/h1-2,4-6,8,12H,3,7,9-10H2,(H2,18,24)(H,20,21,22). The van der Waals surface area contributed by atoms with Crippen LogP contribution < -0.4 is 11.1 Å². The van der Waals surface area contributed by atoms with Crippen LogP contribution in [-0.4, -0.2) is 51.4 Å². The van der Waals surface area contributed by atoms with Crippen LogP contribution in [0.5, 0.6) is 0 Å². The van der Waals surface area contributed by atoms with Gasteiger partial charge in [-0.2, -0.15) is 0 Å². The lowest BCUT2D eigenvalue weighted by atomic mass is 10.2. The number of nitrogens with zero attached hydrogens (tertiary/aromatic N) is 4. The van der Waals surface area contributed by atoms with Gasteiger partial charge < -0.3 is 11.1 Å². The highest BCUT2D eigenvalue weighted by molar-refractivity contribution is 7.17. The lowest BCUT2D eigenvalue weighted by molar-refractivity contribution is -0.118. The molecule has 0 radical (unpaired) electrons. The summed E-state index contributed by atoms with van der Waals surface area (Å²) in [6, 6.07) is 6.05. The fourth-order valence-electron chi connectivity index (χ4n) is 3.10. The molecule has 1 unspecified atom stereocenters. The van der Waals surface area contributed by atoms with Crippen LogP contribution in [0.4, 0.5) is 5.82 Å². The number of aromatic nitrogens is 3. The van der Waals surface area contributed by atoms with Crippen LogP contribution in [0.25, 0.3) is 21.6 Å². The fourth-order valence-corrected chi connectivity index (χ4v) is 3.88. The molecule has 1 atom stereocenters. The molecule has 25 heavy (non-hydrogen) atoms. The molecule has 8 heteroatoms. The number of thiophene rings is 1. The number of amides is 1. The van der Waals surface area contributed by atoms with Gasteiger partial charge in [0.25, 0.3) is 0 Å². The molecular formula is C17H18N6OS. The minimum atomic E-state index is -0.289. The van der Waals surface area contributed by atoms with E-state index < -0.39 is 0 Å². The van der Waals surface area contributed by atoms with Crippen LogP contribution >= 0.6 is 11.3 Å². The number of nitrogens with one attached hydrogen (secondary N) is 1. The summed E-state index contributed by atoms with van der Waals surface area (Å²) in [6.07, 6.45) is 4.43. The van der Waals surface area contributed by atoms with Gasteiger partial charge in [-0.25, -0.2) is 9.97 Å². The molecule has 1 saturated heterocycles. The summed E-state index contributed by atoms with van der Waals surface area (Å²) in [7, 11) is 0. The predicted octanol–water partition coefficient (Wildman–Crippen LogP) is 1.72. The zero-order valence-electron chi connectivity index (χ0n) is 13.6. The van der Waals surface area contributed by atoms with E-state index in [-0.39, 0.29) is 11.9 Å². The minimum Gasteiger partial charge on any atom is -0.369 e. The number of rotatable bonds is 5. The van der Waals surface area contributed by atoms with E-state index in [1.807, 2.05) is 23.6 Å². The number of likely N-dealkylation sites (tertiary alicyclic amines) is 1. The second-order valence-electron chi connectivity index (χ2n) is 6.10. The number of carbonyl (C=O) groups excluding carboxylic acids is 1. The topological polar surface area (TPSA) is 97.0 Å². The summed E-state index contributed by atoms with van der Waals surface area (Å²) >= 11 is 1.63. The number of hydrogen-bond acceptors (Lipinski definition) is 7. The molecule has 0 bridgehead atoms. The average molecular weight is 354 g/mol. The SMILES string of the molecule is NC(=O)CN1CCC(Nc2nc(-c3ccncc3)nc3ccsc23)C1. The Hall–Kier alpha value is -2.58. The third-order valence-electron chi connectivity index (χ3n) is 4.23. The third kappa shape index (κ3) is 3.45. The van der Waals surface area contributed by atoms with Crippen molar-refractivity contribution in [3.8, 4) is 11.4 Å². The Labute approximate surface area is 148 Å². The monoisotopic (exact) mass is 354 g/mol. The molecule has 1 aliphatic heterocycles. The van der Waals surface area contributed by atoms with Crippen molar-refractivity contribution in [2.75, 3.05) is 25.0 Å². The number of pyridine rings is 1. The maximum atomic E-state index is 11.1. The molecule has 1 fully saturated rings. The number of anilines is 1. The summed E-state index contributed by atoms with van der Waals surface area (Å²) in [5.41, 5.74) is 7.16. The van der Waals surface area contributed by atoms with E-state index >= 15 is 0 Å². The Morgan fingerprint density at radius 3 is 2.96 bits per heavy atom. The van der Waals surface area contributed by atoms with Gasteiger partial charge in [0.15, 0.2) is 5.82 Å². The molecule has 128 valence electrons. The molecule has 1 amide bonds. The highest BCUT2D eigenvalue weighted by Gasteiger charge is 2.24. The largest absolute Gasteiger partial charge is 0.369 e. The summed E-state index contributed by atoms with van der Waals surface area (Å²) in [6.45, 7) is 1.94. The Kier molecular flexibility index (Phi) is 4.29. The number of hydrogen-bond donors (Lipinski definition) is 2. The molecule has 0 aromatic carbocycles. The second-order valence-corrected chi connectivity index (χ2v) is 7.01. The van der Waals surface area contributed by atoms with Crippen LogP contribution in [0, 0.1) is 0 Å². The van der Waals surface area contributed by atoms with Crippen molar-refractivity contribution < 1.29 is 4.79 Å². The summed E-state index contributed by atoms with van der Waals surface area (Å²) in [5, 5.41) is 5.56. The average Bonchev–Trinajstić information content (AvgIpc) is 3.24. The van der Waals surface area contributed by atoms with Gasteiger partial charge in [0, 0.05) is 37.1 Å². The Bertz CT molecular complexity index is 897. The predicted molar refractivity (Wildman–Crippen MR) is 98.3 cm³/mol. The fraction of sp³-hybridized carbons (Fsp3) is 0.294. The molecule has 3 aromatic heterocycles. The van der Waals surface area contributed by atoms with Gasteiger partial charge in [-0.15, -0.1) is 11.3 Å². The molecule has 7 nitrogen and oxygen atoms in total. The van der Waals surface area contributed by atoms with Crippen LogP contribution in [0.15, 0.2) is 36.0 Å². The molecule has 4 heterocycles. The van der Waals surface area contributed by atoms with Gasteiger partial charge in [-0.3, -0.25) is 14.7 Å². The molecule has 0 aliphatic carbocycles. The van der Waals surface area contributed by atoms with Crippen LogP contribution in [0.2, 0.25) is 0 Å². The quantitative estimate of drug-likeness (QED) is 0.724. The zero-order chi connectivity index (χ0) is 17.2. The van der Waals surface area contributed by atoms with Gasteiger partial charge in [0.2, 0.25) is 5.91 Å². The highest BCUT2D eigenvalue weighted by Crippen LogP contribution is 2.30. The third-order valence-corrected chi connectivity index (χ3v) is 5.15. The first-order chi connectivity index (χ1) is 12.2. The van der Waals surface area contributed by atoms with Gasteiger partial charge in [-0.05, 0) is 30.0 Å². The number of fused-ring (bicyclic) bond motifs is 1. The van der Waals surface area contributed by atoms with E-state index in [9.17, 15) is 4.79 Å². The van der Waals surface area contributed by atoms with E-state index in [1.54, 1.807) is 23.7 Å². The smallest absolute Gasteiger partial charge is 0.231 e. The van der Waals surface area contributed by atoms with Gasteiger partial charge in [-0.1, -0.05) is 0 Å². The molecular weight excluding hydrogens is 336 g/mol. The molecule has 4 rings (SSSR count). The van der Waals surface area contributed by atoms with Gasteiger partial charge >= 0.3 is 0 Å². The van der Waals surface area contributed by atoms with Crippen LogP contribution in [0.3, 0.4) is 0 Å². The first kappa shape index (κ1) is 15.9. The van der Waals surface area contributed by atoms with Crippen LogP contribution in [-0.2, 0) is 4.79 Å². The highest BCUT2D eigenvalue weighted by atomic mass is 32.1. The Morgan fingerprint density at radius 2 is 2.16 bits per heavy atom. The summed E-state index contributed by atoms with van der Waals surface area (Å²) < 4.78 is 1.05. The maximum Gasteiger partial charge on any atom is 0.231 e. The van der Waals surface area contributed by atoms with E-state index in [1.165, 1.54) is 0 Å². The number of primary amides is 1. The van der Waals surface area contributed by atoms with E-state index in [0.717, 1.165) is 41.1 Å². The molecule has 0 spiro atoms. The summed E-state index contributed by atoms with van der Waals surface area (Å²) in [5.74, 6) is 1.24. The zero-order valence-corrected chi connectivity index (χ0v) is 14.4. The molecule has 3 N–H and O–H groups in total. The van der Waals surface area contributed by atoms with Crippen molar-refractivity contribution in [1.29, 1.82) is 0 Å². The van der Waals surface area contributed by atoms with Crippen LogP contribution in [0.1, 0.15) is 6.42 Å². The normalized spacial score (nSPS) is 17.8. The van der Waals surface area contributed by atoms with Crippen molar-refractivity contribution in [1.82, 2.24) is 19.9 Å². The van der Waals surface area contributed by atoms with Crippen molar-refractivity contribution >= 4 is 33.3 Å². The summed E-state index contributed by atoms with van der Waals surface area (Å²) in [4.78, 5) is 26.6. The van der Waals surface area contributed by atoms with E-state index in [2.05, 4.69) is 20.2 Å². The first-order valence-corrected chi connectivity index (χ1v) is 9.00. The van der Waals surface area contributed by atoms with Crippen molar-refractivity contribution in [2.45, 2.75) is 12.5 Å². The van der Waals surface area contributed by atoms with Crippen molar-refractivity contribution in [3.05, 3.63) is 36.0 Å².